The van der Waals surface area contributed by atoms with E-state index in [1.54, 1.807) is 19.4 Å². The summed E-state index contributed by atoms with van der Waals surface area (Å²) in [6.07, 6.45) is 5.32. The molecule has 1 N–H and O–H groups in total. The Morgan fingerprint density at radius 2 is 2.18 bits per heavy atom. The van der Waals surface area contributed by atoms with Crippen LogP contribution in [0.1, 0.15) is 18.9 Å². The lowest BCUT2D eigenvalue weighted by molar-refractivity contribution is 0.179. The summed E-state index contributed by atoms with van der Waals surface area (Å²) in [5.74, 6) is 0.725. The first-order chi connectivity index (χ1) is 10.8. The number of benzene rings is 1. The smallest absolute Gasteiger partial charge is 0.321 e. The van der Waals surface area contributed by atoms with E-state index in [9.17, 15) is 4.79 Å². The number of anilines is 1. The van der Waals surface area contributed by atoms with Crippen LogP contribution in [-0.4, -0.2) is 46.1 Å². The van der Waals surface area contributed by atoms with Crippen molar-refractivity contribution in [2.75, 3.05) is 25.5 Å². The number of carbonyl (C=O) groups excluding carboxylic acids is 1. The highest BCUT2D eigenvalue weighted by molar-refractivity contribution is 5.89. The number of amides is 2. The molecule has 1 aromatic heterocycles. The maximum absolute atomic E-state index is 12.3. The molecule has 0 saturated carbocycles. The largest absolute Gasteiger partial charge is 0.497 e. The van der Waals surface area contributed by atoms with Crippen molar-refractivity contribution in [1.29, 1.82) is 0 Å². The van der Waals surface area contributed by atoms with E-state index in [1.807, 2.05) is 34.0 Å². The molecule has 116 valence electrons. The molecule has 0 radical (unpaired) electrons. The Morgan fingerprint density at radius 3 is 2.86 bits per heavy atom. The average Bonchev–Trinajstić information content (AvgIpc) is 3.09. The molecular formula is C15H19N5O2. The number of rotatable bonds is 3. The van der Waals surface area contributed by atoms with E-state index in [0.29, 0.717) is 19.1 Å². The summed E-state index contributed by atoms with van der Waals surface area (Å²) in [4.78, 5) is 14.1. The summed E-state index contributed by atoms with van der Waals surface area (Å²) >= 11 is 0. The lowest BCUT2D eigenvalue weighted by Gasteiger charge is -2.31. The van der Waals surface area contributed by atoms with Crippen LogP contribution < -0.4 is 10.1 Å². The van der Waals surface area contributed by atoms with E-state index < -0.39 is 0 Å². The van der Waals surface area contributed by atoms with Crippen LogP contribution in [0.25, 0.3) is 0 Å². The number of methoxy groups -OCH3 is 1. The number of likely N-dealkylation sites (tertiary alicyclic amines) is 1. The minimum absolute atomic E-state index is 0.0784. The van der Waals surface area contributed by atoms with Gasteiger partial charge >= 0.3 is 6.03 Å². The van der Waals surface area contributed by atoms with Crippen molar-refractivity contribution in [2.24, 2.45) is 0 Å². The molecule has 1 fully saturated rings. The van der Waals surface area contributed by atoms with E-state index in [2.05, 4.69) is 15.6 Å². The van der Waals surface area contributed by atoms with Gasteiger partial charge < -0.3 is 15.0 Å². The minimum atomic E-state index is -0.0784. The van der Waals surface area contributed by atoms with Gasteiger partial charge in [0.1, 0.15) is 5.75 Å². The van der Waals surface area contributed by atoms with Gasteiger partial charge in [-0.3, -0.25) is 0 Å². The highest BCUT2D eigenvalue weighted by atomic mass is 16.5. The second-order valence-electron chi connectivity index (χ2n) is 5.26. The first-order valence-corrected chi connectivity index (χ1v) is 7.32. The topological polar surface area (TPSA) is 72.3 Å². The van der Waals surface area contributed by atoms with Crippen LogP contribution in [0.5, 0.6) is 5.75 Å². The Bertz CT molecular complexity index is 621. The molecule has 2 aromatic rings. The van der Waals surface area contributed by atoms with Gasteiger partial charge in [0.05, 0.1) is 19.3 Å². The average molecular weight is 301 g/mol. The highest BCUT2D eigenvalue weighted by Crippen LogP contribution is 2.22. The Hall–Kier alpha value is -2.57. The van der Waals surface area contributed by atoms with Crippen LogP contribution in [-0.2, 0) is 0 Å². The van der Waals surface area contributed by atoms with Crippen molar-refractivity contribution in [2.45, 2.75) is 18.9 Å². The summed E-state index contributed by atoms with van der Waals surface area (Å²) in [6, 6.07) is 7.60. The zero-order valence-corrected chi connectivity index (χ0v) is 12.5. The molecule has 1 saturated heterocycles. The van der Waals surface area contributed by atoms with Crippen LogP contribution in [0, 0.1) is 0 Å². The van der Waals surface area contributed by atoms with Gasteiger partial charge in [-0.2, -0.15) is 0 Å². The zero-order valence-electron chi connectivity index (χ0n) is 12.5. The molecule has 7 heteroatoms. The molecule has 0 aliphatic carbocycles. The zero-order chi connectivity index (χ0) is 15.4. The van der Waals surface area contributed by atoms with Gasteiger partial charge in [0.15, 0.2) is 0 Å². The fourth-order valence-corrected chi connectivity index (χ4v) is 2.65. The molecule has 3 rings (SSSR count). The quantitative estimate of drug-likeness (QED) is 0.943. The number of nitrogens with zero attached hydrogens (tertiary/aromatic N) is 4. The molecule has 0 unspecified atom stereocenters. The van der Waals surface area contributed by atoms with Crippen LogP contribution in [0.15, 0.2) is 36.7 Å². The molecule has 1 aromatic carbocycles. The van der Waals surface area contributed by atoms with Gasteiger partial charge in [0.25, 0.3) is 0 Å². The van der Waals surface area contributed by atoms with Gasteiger partial charge in [-0.15, -0.1) is 5.10 Å². The van der Waals surface area contributed by atoms with Gasteiger partial charge in [-0.05, 0) is 25.0 Å². The predicted molar refractivity (Wildman–Crippen MR) is 81.9 cm³/mol. The monoisotopic (exact) mass is 301 g/mol. The van der Waals surface area contributed by atoms with Crippen LogP contribution in [0.2, 0.25) is 0 Å². The second kappa shape index (κ2) is 6.46. The number of hydrogen-bond acceptors (Lipinski definition) is 4. The molecule has 2 heterocycles. The highest BCUT2D eigenvalue weighted by Gasteiger charge is 2.24. The normalized spacial score (nSPS) is 15.6. The SMILES string of the molecule is COc1cccc(NC(=O)N2CCC(n3ccnn3)CC2)c1. The van der Waals surface area contributed by atoms with E-state index in [1.165, 1.54) is 0 Å². The number of piperidine rings is 1. The summed E-state index contributed by atoms with van der Waals surface area (Å²) < 4.78 is 7.03. The van der Waals surface area contributed by atoms with Gasteiger partial charge in [0.2, 0.25) is 0 Å². The van der Waals surface area contributed by atoms with Crippen LogP contribution >= 0.6 is 0 Å². The lowest BCUT2D eigenvalue weighted by Crippen LogP contribution is -2.41. The Morgan fingerprint density at radius 1 is 1.36 bits per heavy atom. The number of carbonyl (C=O) groups is 1. The summed E-state index contributed by atoms with van der Waals surface area (Å²) in [7, 11) is 1.61. The molecule has 1 aliphatic rings. The lowest BCUT2D eigenvalue weighted by atomic mass is 10.1. The van der Waals surface area contributed by atoms with Gasteiger partial charge in [-0.25, -0.2) is 9.48 Å². The number of nitrogens with one attached hydrogen (secondary N) is 1. The third kappa shape index (κ3) is 3.19. The number of aromatic nitrogens is 3. The maximum Gasteiger partial charge on any atom is 0.321 e. The van der Waals surface area contributed by atoms with E-state index in [-0.39, 0.29) is 6.03 Å². The summed E-state index contributed by atoms with van der Waals surface area (Å²) in [5, 5.41) is 10.8. The van der Waals surface area contributed by atoms with E-state index in [4.69, 9.17) is 4.74 Å². The first-order valence-electron chi connectivity index (χ1n) is 7.32. The Balaban J connectivity index is 1.55. The second-order valence-corrected chi connectivity index (χ2v) is 5.26. The predicted octanol–water partition coefficient (Wildman–Crippen LogP) is 2.16. The minimum Gasteiger partial charge on any atom is -0.497 e. The van der Waals surface area contributed by atoms with Crippen LogP contribution in [0.3, 0.4) is 0 Å². The van der Waals surface area contributed by atoms with E-state index >= 15 is 0 Å². The standard InChI is InChI=1S/C15H19N5O2/c1-22-14-4-2-3-12(11-14)17-15(21)19-8-5-13(6-9-19)20-10-7-16-18-20/h2-4,7,10-11,13H,5-6,8-9H2,1H3,(H,17,21). The van der Waals surface area contributed by atoms with Crippen molar-refractivity contribution in [3.8, 4) is 5.75 Å². The van der Waals surface area contributed by atoms with Gasteiger partial charge in [0, 0.05) is 31.0 Å². The molecular weight excluding hydrogens is 282 g/mol. The van der Waals surface area contributed by atoms with Gasteiger partial charge in [-0.1, -0.05) is 11.3 Å². The van der Waals surface area contributed by atoms with Crippen molar-refractivity contribution in [3.05, 3.63) is 36.7 Å². The number of hydrogen-bond donors (Lipinski definition) is 1. The third-order valence-electron chi connectivity index (χ3n) is 3.89. The Labute approximate surface area is 128 Å². The molecule has 0 atom stereocenters. The third-order valence-corrected chi connectivity index (χ3v) is 3.89. The van der Waals surface area contributed by atoms with E-state index in [0.717, 1.165) is 24.3 Å². The Kier molecular flexibility index (Phi) is 4.22. The number of ether oxygens (including phenoxy) is 1. The fourth-order valence-electron chi connectivity index (χ4n) is 2.65. The van der Waals surface area contributed by atoms with Crippen molar-refractivity contribution in [3.63, 3.8) is 0 Å². The molecule has 0 bridgehead atoms. The fraction of sp³-hybridized carbons (Fsp3) is 0.400. The van der Waals surface area contributed by atoms with Crippen molar-refractivity contribution in [1.82, 2.24) is 19.9 Å². The molecule has 7 nitrogen and oxygen atoms in total. The summed E-state index contributed by atoms with van der Waals surface area (Å²) in [5.41, 5.74) is 0.739. The first kappa shape index (κ1) is 14.4. The molecule has 1 aliphatic heterocycles. The maximum atomic E-state index is 12.3. The van der Waals surface area contributed by atoms with Crippen molar-refractivity contribution >= 4 is 11.7 Å². The van der Waals surface area contributed by atoms with Crippen molar-refractivity contribution < 1.29 is 9.53 Å². The van der Waals surface area contributed by atoms with Crippen LogP contribution in [0.4, 0.5) is 10.5 Å². The summed E-state index contributed by atoms with van der Waals surface area (Å²) in [6.45, 7) is 1.42. The molecule has 22 heavy (non-hydrogen) atoms. The molecule has 0 spiro atoms. The number of urea groups is 1. The molecule has 2 amide bonds.